The molecule has 0 unspecified atom stereocenters. The third kappa shape index (κ3) is 7.47. The van der Waals surface area contributed by atoms with Crippen molar-refractivity contribution in [2.24, 2.45) is 5.92 Å². The normalized spacial score (nSPS) is 13.9. The summed E-state index contributed by atoms with van der Waals surface area (Å²) in [6, 6.07) is 12.3. The van der Waals surface area contributed by atoms with Crippen LogP contribution >= 0.6 is 0 Å². The lowest BCUT2D eigenvalue weighted by Crippen LogP contribution is -3.00. The molecule has 0 spiro atoms. The van der Waals surface area contributed by atoms with Gasteiger partial charge in [-0.3, -0.25) is 0 Å². The number of nitrogens with one attached hydrogen (secondary N) is 2. The lowest BCUT2D eigenvalue weighted by molar-refractivity contribution is -0.00100. The third-order valence-corrected chi connectivity index (χ3v) is 4.76. The monoisotopic (exact) mass is 428 g/mol. The minimum absolute atomic E-state index is 0. The summed E-state index contributed by atoms with van der Waals surface area (Å²) in [6.45, 7) is 4.50. The lowest BCUT2D eigenvalue weighted by atomic mass is 9.98. The van der Waals surface area contributed by atoms with E-state index < -0.39 is 0 Å². The highest BCUT2D eigenvalue weighted by Crippen LogP contribution is 2.29. The molecule has 3 rings (SSSR count). The van der Waals surface area contributed by atoms with Gasteiger partial charge in [0, 0.05) is 6.54 Å². The minimum Gasteiger partial charge on any atom is -1.00 e. The van der Waals surface area contributed by atoms with Gasteiger partial charge in [0.15, 0.2) is 11.5 Å². The summed E-state index contributed by atoms with van der Waals surface area (Å²) in [5, 5.41) is 6.94. The van der Waals surface area contributed by atoms with Crippen LogP contribution in [0.4, 0.5) is 4.39 Å². The summed E-state index contributed by atoms with van der Waals surface area (Å²) in [5.74, 6) is 1.93. The van der Waals surface area contributed by atoms with Gasteiger partial charge in [0.25, 0.3) is 0 Å². The molecule has 0 atom stereocenters. The number of piperidine rings is 1. The molecular weight excluding hydrogens is 402 g/mol. The topological polar surface area (TPSA) is 42.5 Å². The standard InChI is InChI=1S/C21H27FN2O2.2ClH/c1-25-21-12-18(14-24-13-16-8-10-23-11-9-16)4-7-20(21)26-15-17-2-5-19(22)6-3-17;;/h2-7,12,16,23-24H,8-11,13-15H2,1H3;2*1H/p-2. The van der Waals surface area contributed by atoms with Crippen molar-refractivity contribution >= 4 is 0 Å². The smallest absolute Gasteiger partial charge is 0.161 e. The van der Waals surface area contributed by atoms with Crippen LogP contribution in [-0.2, 0) is 13.2 Å². The second kappa shape index (κ2) is 12.8. The van der Waals surface area contributed by atoms with Crippen LogP contribution in [0.15, 0.2) is 42.5 Å². The fraction of sp³-hybridized carbons (Fsp3) is 0.429. The largest absolute Gasteiger partial charge is 1.00 e. The van der Waals surface area contributed by atoms with Crippen LogP contribution in [0.2, 0.25) is 0 Å². The molecule has 156 valence electrons. The van der Waals surface area contributed by atoms with Gasteiger partial charge in [-0.25, -0.2) is 4.39 Å². The van der Waals surface area contributed by atoms with E-state index in [-0.39, 0.29) is 30.6 Å². The van der Waals surface area contributed by atoms with Crippen LogP contribution in [0.25, 0.3) is 0 Å². The highest BCUT2D eigenvalue weighted by atomic mass is 35.5. The van der Waals surface area contributed by atoms with E-state index >= 15 is 0 Å². The van der Waals surface area contributed by atoms with Crippen LogP contribution in [0.5, 0.6) is 11.5 Å². The van der Waals surface area contributed by atoms with Gasteiger partial charge in [-0.15, -0.1) is 0 Å². The fourth-order valence-corrected chi connectivity index (χ4v) is 3.19. The zero-order valence-electron chi connectivity index (χ0n) is 16.0. The molecule has 1 saturated heterocycles. The van der Waals surface area contributed by atoms with Crippen LogP contribution < -0.4 is 44.9 Å². The van der Waals surface area contributed by atoms with E-state index in [0.29, 0.717) is 18.1 Å². The van der Waals surface area contributed by atoms with Gasteiger partial charge in [-0.1, -0.05) is 18.2 Å². The van der Waals surface area contributed by atoms with E-state index in [1.807, 2.05) is 12.1 Å². The molecule has 7 heteroatoms. The first kappa shape index (κ1) is 24.5. The Balaban J connectivity index is 0.00000196. The molecule has 1 aliphatic heterocycles. The van der Waals surface area contributed by atoms with Crippen LogP contribution in [0.3, 0.4) is 0 Å². The molecule has 1 aliphatic rings. The predicted octanol–water partition coefficient (Wildman–Crippen LogP) is -2.49. The maximum atomic E-state index is 13.0. The summed E-state index contributed by atoms with van der Waals surface area (Å²) in [4.78, 5) is 0. The number of halogens is 3. The Kier molecular flexibility index (Phi) is 11.2. The molecule has 4 nitrogen and oxygen atoms in total. The van der Waals surface area contributed by atoms with Crippen LogP contribution in [-0.4, -0.2) is 26.7 Å². The number of hydrogen-bond donors (Lipinski definition) is 2. The zero-order valence-corrected chi connectivity index (χ0v) is 17.5. The quantitative estimate of drug-likeness (QED) is 0.488. The van der Waals surface area contributed by atoms with Crippen LogP contribution in [0.1, 0.15) is 24.0 Å². The fourth-order valence-electron chi connectivity index (χ4n) is 3.19. The van der Waals surface area contributed by atoms with Crippen molar-refractivity contribution < 1.29 is 38.7 Å². The van der Waals surface area contributed by atoms with E-state index in [2.05, 4.69) is 16.7 Å². The van der Waals surface area contributed by atoms with E-state index in [9.17, 15) is 4.39 Å². The van der Waals surface area contributed by atoms with Crippen molar-refractivity contribution in [3.05, 3.63) is 59.4 Å². The number of hydrogen-bond acceptors (Lipinski definition) is 4. The van der Waals surface area contributed by atoms with E-state index in [4.69, 9.17) is 9.47 Å². The molecule has 28 heavy (non-hydrogen) atoms. The number of ether oxygens (including phenoxy) is 2. The van der Waals surface area contributed by atoms with E-state index in [0.717, 1.165) is 37.7 Å². The Labute approximate surface area is 179 Å². The summed E-state index contributed by atoms with van der Waals surface area (Å²) >= 11 is 0. The molecule has 2 aromatic carbocycles. The lowest BCUT2D eigenvalue weighted by Gasteiger charge is -2.22. The minimum atomic E-state index is -0.243. The summed E-state index contributed by atoms with van der Waals surface area (Å²) in [6.07, 6.45) is 2.49. The Morgan fingerprint density at radius 2 is 1.68 bits per heavy atom. The van der Waals surface area contributed by atoms with Crippen molar-refractivity contribution in [3.8, 4) is 11.5 Å². The van der Waals surface area contributed by atoms with Gasteiger partial charge in [-0.2, -0.15) is 0 Å². The third-order valence-electron chi connectivity index (χ3n) is 4.76. The van der Waals surface area contributed by atoms with Crippen molar-refractivity contribution in [1.29, 1.82) is 0 Å². The van der Waals surface area contributed by atoms with Crippen molar-refractivity contribution in [3.63, 3.8) is 0 Å². The van der Waals surface area contributed by atoms with Crippen molar-refractivity contribution in [2.75, 3.05) is 26.7 Å². The number of methoxy groups -OCH3 is 1. The molecule has 2 N–H and O–H groups in total. The van der Waals surface area contributed by atoms with Crippen LogP contribution in [0, 0.1) is 11.7 Å². The predicted molar refractivity (Wildman–Crippen MR) is 101 cm³/mol. The van der Waals surface area contributed by atoms with Gasteiger partial charge < -0.3 is 44.9 Å². The Hall–Kier alpha value is -1.53. The second-order valence-electron chi connectivity index (χ2n) is 6.72. The first-order chi connectivity index (χ1) is 12.7. The first-order valence-electron chi connectivity index (χ1n) is 9.20. The highest BCUT2D eigenvalue weighted by molar-refractivity contribution is 5.43. The molecule has 0 bridgehead atoms. The van der Waals surface area contributed by atoms with Crippen molar-refractivity contribution in [2.45, 2.75) is 26.0 Å². The maximum Gasteiger partial charge on any atom is 0.161 e. The van der Waals surface area contributed by atoms with Gasteiger partial charge in [-0.05, 0) is 73.8 Å². The maximum absolute atomic E-state index is 13.0. The van der Waals surface area contributed by atoms with Crippen molar-refractivity contribution in [1.82, 2.24) is 10.6 Å². The Morgan fingerprint density at radius 1 is 1.00 bits per heavy atom. The molecule has 0 aromatic heterocycles. The van der Waals surface area contributed by atoms with E-state index in [1.165, 1.54) is 30.5 Å². The molecule has 1 fully saturated rings. The first-order valence-corrected chi connectivity index (χ1v) is 9.20. The summed E-state index contributed by atoms with van der Waals surface area (Å²) < 4.78 is 24.3. The van der Waals surface area contributed by atoms with Gasteiger partial charge >= 0.3 is 0 Å². The summed E-state index contributed by atoms with van der Waals surface area (Å²) in [7, 11) is 1.65. The Bertz CT molecular complexity index is 695. The SMILES string of the molecule is COc1cc(CNCC2CCNCC2)ccc1OCc1ccc(F)cc1.[Cl-].[Cl-]. The van der Waals surface area contributed by atoms with Gasteiger partial charge in [0.1, 0.15) is 12.4 Å². The second-order valence-corrected chi connectivity index (χ2v) is 6.72. The molecular formula is C21H27Cl2FN2O2-2. The van der Waals surface area contributed by atoms with Gasteiger partial charge in [0.2, 0.25) is 0 Å². The Morgan fingerprint density at radius 3 is 2.36 bits per heavy atom. The molecule has 0 aliphatic carbocycles. The zero-order chi connectivity index (χ0) is 18.2. The number of benzene rings is 2. The van der Waals surface area contributed by atoms with Gasteiger partial charge in [0.05, 0.1) is 7.11 Å². The average Bonchev–Trinajstić information content (AvgIpc) is 2.69. The van der Waals surface area contributed by atoms with E-state index in [1.54, 1.807) is 19.2 Å². The number of rotatable bonds is 8. The average molecular weight is 429 g/mol. The molecule has 0 saturated carbocycles. The molecule has 0 radical (unpaired) electrons. The molecule has 2 aromatic rings. The highest BCUT2D eigenvalue weighted by Gasteiger charge is 2.12. The summed E-state index contributed by atoms with van der Waals surface area (Å²) in [5.41, 5.74) is 2.09. The molecule has 1 heterocycles. The molecule has 0 amide bonds.